The van der Waals surface area contributed by atoms with Gasteiger partial charge in [-0.05, 0) is 5.56 Å². The molecule has 2 bridgehead atoms. The van der Waals surface area contributed by atoms with E-state index in [4.69, 9.17) is 4.74 Å². The second-order valence-electron chi connectivity index (χ2n) is 6.40. The Morgan fingerprint density at radius 2 is 1.92 bits per heavy atom. The third-order valence-electron chi connectivity index (χ3n) is 4.68. The molecule has 0 saturated carbocycles. The summed E-state index contributed by atoms with van der Waals surface area (Å²) in [6, 6.07) is 9.22. The molecule has 2 heterocycles. The molecule has 0 aromatic heterocycles. The molecule has 2 aliphatic rings. The summed E-state index contributed by atoms with van der Waals surface area (Å²) in [6.07, 6.45) is 0. The van der Waals surface area contributed by atoms with Crippen molar-refractivity contribution in [2.75, 3.05) is 40.4 Å². The normalized spacial score (nSPS) is 25.8. The quantitative estimate of drug-likeness (QED) is 0.773. The number of fused-ring (bicyclic) bond motifs is 3. The number of hydrogen-bond acceptors (Lipinski definition) is 4. The summed E-state index contributed by atoms with van der Waals surface area (Å²) in [5.74, 6) is -0.483. The zero-order valence-corrected chi connectivity index (χ0v) is 14.8. The smallest absolute Gasteiger partial charge is 0.282 e. The number of amides is 1. The second kappa shape index (κ2) is 6.79. The molecule has 2 fully saturated rings. The average molecular weight is 353 g/mol. The van der Waals surface area contributed by atoms with Crippen molar-refractivity contribution < 1.29 is 17.9 Å². The van der Waals surface area contributed by atoms with Gasteiger partial charge in [-0.3, -0.25) is 4.79 Å². The second-order valence-corrected chi connectivity index (χ2v) is 8.44. The standard InChI is InChI=1S/C16H23N3O4S/c1-17(8-13-6-4-3-5-7-13)24(21,22)19-9-14-11-23-12-15(10-19)18(2)16(14)20/h3-7,14-15H,8-12H2,1-2H3/t14-,15+/m1/s1. The third kappa shape index (κ3) is 3.32. The van der Waals surface area contributed by atoms with E-state index in [0.29, 0.717) is 13.2 Å². The van der Waals surface area contributed by atoms with E-state index in [9.17, 15) is 13.2 Å². The highest BCUT2D eigenvalue weighted by atomic mass is 32.2. The van der Waals surface area contributed by atoms with Crippen molar-refractivity contribution >= 4 is 16.1 Å². The highest BCUT2D eigenvalue weighted by Crippen LogP contribution is 2.23. The van der Waals surface area contributed by atoms with Crippen LogP contribution in [0.15, 0.2) is 30.3 Å². The zero-order valence-electron chi connectivity index (χ0n) is 14.0. The van der Waals surface area contributed by atoms with Crippen molar-refractivity contribution in [3.05, 3.63) is 35.9 Å². The van der Waals surface area contributed by atoms with Crippen LogP contribution >= 0.6 is 0 Å². The van der Waals surface area contributed by atoms with Crippen LogP contribution in [0.4, 0.5) is 0 Å². The number of nitrogens with zero attached hydrogens (tertiary/aromatic N) is 3. The lowest BCUT2D eigenvalue weighted by molar-refractivity contribution is -0.133. The molecule has 24 heavy (non-hydrogen) atoms. The van der Waals surface area contributed by atoms with Crippen molar-refractivity contribution in [2.45, 2.75) is 12.6 Å². The SMILES string of the molecule is CN1C(=O)[C@H]2COC[C@@H]1CN(S(=O)(=O)N(C)Cc1ccccc1)C2. The molecule has 7 nitrogen and oxygen atoms in total. The Balaban J connectivity index is 1.80. The molecule has 0 N–H and O–H groups in total. The lowest BCUT2D eigenvalue weighted by Crippen LogP contribution is -2.49. The number of carbonyl (C=O) groups is 1. The van der Waals surface area contributed by atoms with Crippen LogP contribution in [0.25, 0.3) is 0 Å². The van der Waals surface area contributed by atoms with Gasteiger partial charge in [-0.1, -0.05) is 30.3 Å². The fraction of sp³-hybridized carbons (Fsp3) is 0.562. The third-order valence-corrected chi connectivity index (χ3v) is 6.55. The molecule has 1 amide bonds. The molecule has 2 saturated heterocycles. The number of ether oxygens (including phenoxy) is 1. The van der Waals surface area contributed by atoms with E-state index in [0.717, 1.165) is 5.56 Å². The van der Waals surface area contributed by atoms with Crippen LogP contribution in [0.3, 0.4) is 0 Å². The summed E-state index contributed by atoms with van der Waals surface area (Å²) in [5.41, 5.74) is 0.926. The lowest BCUT2D eigenvalue weighted by atomic mass is 10.1. The average Bonchev–Trinajstić information content (AvgIpc) is 2.74. The van der Waals surface area contributed by atoms with E-state index < -0.39 is 16.1 Å². The Hall–Kier alpha value is -1.48. The summed E-state index contributed by atoms with van der Waals surface area (Å²) in [7, 11) is -0.345. The highest BCUT2D eigenvalue weighted by molar-refractivity contribution is 7.86. The fourth-order valence-electron chi connectivity index (χ4n) is 3.17. The summed E-state index contributed by atoms with van der Waals surface area (Å²) in [4.78, 5) is 14.0. The van der Waals surface area contributed by atoms with Crippen molar-refractivity contribution in [1.29, 1.82) is 0 Å². The van der Waals surface area contributed by atoms with Crippen molar-refractivity contribution in [3.8, 4) is 0 Å². The monoisotopic (exact) mass is 353 g/mol. The molecule has 0 radical (unpaired) electrons. The van der Waals surface area contributed by atoms with Crippen LogP contribution in [-0.4, -0.2) is 74.3 Å². The summed E-state index contributed by atoms with van der Waals surface area (Å²) in [5, 5.41) is 0. The summed E-state index contributed by atoms with van der Waals surface area (Å²) >= 11 is 0. The molecule has 132 valence electrons. The topological polar surface area (TPSA) is 70.2 Å². The maximum atomic E-state index is 13.0. The molecule has 0 aliphatic carbocycles. The van der Waals surface area contributed by atoms with Crippen molar-refractivity contribution in [3.63, 3.8) is 0 Å². The first-order chi connectivity index (χ1) is 11.4. The first kappa shape index (κ1) is 17.3. The zero-order chi connectivity index (χ0) is 17.3. The minimum Gasteiger partial charge on any atom is -0.378 e. The van der Waals surface area contributed by atoms with Gasteiger partial charge in [-0.2, -0.15) is 17.0 Å². The molecular weight excluding hydrogens is 330 g/mol. The molecule has 2 aliphatic heterocycles. The Bertz CT molecular complexity index is 695. The fourth-order valence-corrected chi connectivity index (χ4v) is 4.60. The molecule has 8 heteroatoms. The number of benzene rings is 1. The molecule has 2 atom stereocenters. The predicted molar refractivity (Wildman–Crippen MR) is 89.3 cm³/mol. The van der Waals surface area contributed by atoms with Crippen LogP contribution in [0.2, 0.25) is 0 Å². The molecular formula is C16H23N3O4S. The largest absolute Gasteiger partial charge is 0.378 e. The lowest BCUT2D eigenvalue weighted by Gasteiger charge is -2.31. The number of rotatable bonds is 4. The number of likely N-dealkylation sites (N-methyl/N-ethyl adjacent to an activating group) is 1. The number of hydrogen-bond donors (Lipinski definition) is 0. The van der Waals surface area contributed by atoms with E-state index in [1.807, 2.05) is 30.3 Å². The maximum absolute atomic E-state index is 13.0. The number of carbonyl (C=O) groups excluding carboxylic acids is 1. The predicted octanol–water partition coefficient (Wildman–Crippen LogP) is 0.152. The van der Waals surface area contributed by atoms with Gasteiger partial charge in [0.25, 0.3) is 10.2 Å². The molecule has 3 rings (SSSR count). The Morgan fingerprint density at radius 3 is 2.62 bits per heavy atom. The first-order valence-corrected chi connectivity index (χ1v) is 9.39. The van der Waals surface area contributed by atoms with E-state index in [1.54, 1.807) is 19.0 Å². The molecule has 1 aromatic carbocycles. The Kier molecular flexibility index (Phi) is 4.91. The highest BCUT2D eigenvalue weighted by Gasteiger charge is 2.42. The van der Waals surface area contributed by atoms with Crippen LogP contribution in [-0.2, 0) is 26.3 Å². The minimum atomic E-state index is -3.64. The van der Waals surface area contributed by atoms with Gasteiger partial charge in [0.05, 0.1) is 25.2 Å². The van der Waals surface area contributed by atoms with E-state index >= 15 is 0 Å². The first-order valence-electron chi connectivity index (χ1n) is 7.99. The van der Waals surface area contributed by atoms with E-state index in [1.165, 1.54) is 8.61 Å². The van der Waals surface area contributed by atoms with Gasteiger partial charge < -0.3 is 9.64 Å². The molecule has 1 aromatic rings. The van der Waals surface area contributed by atoms with Gasteiger partial charge >= 0.3 is 0 Å². The van der Waals surface area contributed by atoms with Crippen LogP contribution < -0.4 is 0 Å². The van der Waals surface area contributed by atoms with E-state index in [-0.39, 0.29) is 31.6 Å². The van der Waals surface area contributed by atoms with Crippen LogP contribution in [0.5, 0.6) is 0 Å². The molecule has 0 unspecified atom stereocenters. The van der Waals surface area contributed by atoms with Gasteiger partial charge in [0, 0.05) is 33.7 Å². The minimum absolute atomic E-state index is 0.0408. The van der Waals surface area contributed by atoms with Gasteiger partial charge in [0.15, 0.2) is 0 Å². The van der Waals surface area contributed by atoms with Crippen LogP contribution in [0, 0.1) is 5.92 Å². The summed E-state index contributed by atoms with van der Waals surface area (Å²) < 4.78 is 34.2. The van der Waals surface area contributed by atoms with Crippen LogP contribution in [0.1, 0.15) is 5.56 Å². The van der Waals surface area contributed by atoms with Crippen molar-refractivity contribution in [1.82, 2.24) is 13.5 Å². The van der Waals surface area contributed by atoms with Crippen molar-refractivity contribution in [2.24, 2.45) is 5.92 Å². The Labute approximate surface area is 143 Å². The van der Waals surface area contributed by atoms with Gasteiger partial charge in [0.2, 0.25) is 5.91 Å². The van der Waals surface area contributed by atoms with Gasteiger partial charge in [0.1, 0.15) is 0 Å². The maximum Gasteiger partial charge on any atom is 0.282 e. The Morgan fingerprint density at radius 1 is 1.21 bits per heavy atom. The molecule has 0 spiro atoms. The van der Waals surface area contributed by atoms with Gasteiger partial charge in [-0.25, -0.2) is 0 Å². The van der Waals surface area contributed by atoms with Gasteiger partial charge in [-0.15, -0.1) is 0 Å². The summed E-state index contributed by atoms with van der Waals surface area (Å²) in [6.45, 7) is 1.37. The van der Waals surface area contributed by atoms with E-state index in [2.05, 4.69) is 0 Å².